The van der Waals surface area contributed by atoms with Gasteiger partial charge in [0.05, 0.1) is 0 Å². The summed E-state index contributed by atoms with van der Waals surface area (Å²) in [6.07, 6.45) is 9.52. The zero-order valence-corrected chi connectivity index (χ0v) is 16.0. The van der Waals surface area contributed by atoms with Gasteiger partial charge in [-0.15, -0.1) is 0 Å². The summed E-state index contributed by atoms with van der Waals surface area (Å²) in [6, 6.07) is 0. The van der Waals surface area contributed by atoms with Crippen molar-refractivity contribution in [1.82, 2.24) is 14.9 Å². The van der Waals surface area contributed by atoms with Crippen LogP contribution in [-0.4, -0.2) is 59.3 Å². The maximum Gasteiger partial charge on any atom is 0.135 e. The van der Waals surface area contributed by atoms with Crippen LogP contribution in [0, 0.1) is 18.8 Å². The molecule has 25 heavy (non-hydrogen) atoms. The van der Waals surface area contributed by atoms with Crippen LogP contribution in [0.2, 0.25) is 0 Å². The molecule has 140 valence electrons. The zero-order chi connectivity index (χ0) is 17.6. The van der Waals surface area contributed by atoms with Crippen molar-refractivity contribution < 1.29 is 5.11 Å². The van der Waals surface area contributed by atoms with Crippen LogP contribution < -0.4 is 4.90 Å². The Labute approximate surface area is 152 Å². The lowest BCUT2D eigenvalue weighted by Gasteiger charge is -2.26. The maximum atomic E-state index is 9.94. The van der Waals surface area contributed by atoms with Crippen molar-refractivity contribution in [2.45, 2.75) is 52.4 Å². The monoisotopic (exact) mass is 346 g/mol. The average molecular weight is 347 g/mol. The molecule has 0 unspecified atom stereocenters. The van der Waals surface area contributed by atoms with E-state index in [-0.39, 0.29) is 6.61 Å². The fourth-order valence-corrected chi connectivity index (χ4v) is 4.38. The van der Waals surface area contributed by atoms with Gasteiger partial charge >= 0.3 is 0 Å². The number of nitrogens with zero attached hydrogens (tertiary/aromatic N) is 4. The van der Waals surface area contributed by atoms with Crippen LogP contribution in [0.25, 0.3) is 0 Å². The van der Waals surface area contributed by atoms with E-state index >= 15 is 0 Å². The van der Waals surface area contributed by atoms with E-state index in [0.29, 0.717) is 11.8 Å². The molecule has 1 aromatic rings. The van der Waals surface area contributed by atoms with E-state index in [0.717, 1.165) is 44.1 Å². The van der Waals surface area contributed by atoms with Crippen molar-refractivity contribution in [3.63, 3.8) is 0 Å². The Bertz CT molecular complexity index is 542. The summed E-state index contributed by atoms with van der Waals surface area (Å²) in [6.45, 7) is 9.94. The molecule has 1 N–H and O–H groups in total. The van der Waals surface area contributed by atoms with Crippen molar-refractivity contribution in [1.29, 1.82) is 0 Å². The van der Waals surface area contributed by atoms with Gasteiger partial charge in [0.15, 0.2) is 0 Å². The van der Waals surface area contributed by atoms with Gasteiger partial charge in [0.2, 0.25) is 0 Å². The van der Waals surface area contributed by atoms with E-state index in [1.165, 1.54) is 44.3 Å². The summed E-state index contributed by atoms with van der Waals surface area (Å²) in [7, 11) is 0. The summed E-state index contributed by atoms with van der Waals surface area (Å²) in [5, 5.41) is 9.94. The van der Waals surface area contributed by atoms with Crippen molar-refractivity contribution in [3.8, 4) is 0 Å². The van der Waals surface area contributed by atoms with Crippen LogP contribution >= 0.6 is 0 Å². The van der Waals surface area contributed by atoms with Gasteiger partial charge in [-0.3, -0.25) is 0 Å². The molecule has 2 fully saturated rings. The van der Waals surface area contributed by atoms with E-state index < -0.39 is 0 Å². The van der Waals surface area contributed by atoms with E-state index in [1.54, 1.807) is 0 Å². The lowest BCUT2D eigenvalue weighted by Crippen LogP contribution is -2.34. The van der Waals surface area contributed by atoms with Gasteiger partial charge in [0.1, 0.15) is 11.6 Å². The van der Waals surface area contributed by atoms with Gasteiger partial charge in [0, 0.05) is 43.9 Å². The SMILES string of the molecule is CCCc1cnc(C)nc1N1C[C@@H](CN2CCCCCC2)[C@@H](CO)C1. The molecule has 5 nitrogen and oxygen atoms in total. The summed E-state index contributed by atoms with van der Waals surface area (Å²) >= 11 is 0. The Kier molecular flexibility index (Phi) is 6.65. The van der Waals surface area contributed by atoms with Crippen LogP contribution in [0.15, 0.2) is 6.20 Å². The number of rotatable bonds is 6. The minimum atomic E-state index is 0.280. The average Bonchev–Trinajstić information content (AvgIpc) is 2.83. The third-order valence-electron chi connectivity index (χ3n) is 5.78. The highest BCUT2D eigenvalue weighted by atomic mass is 16.3. The highest BCUT2D eigenvalue weighted by Crippen LogP contribution is 2.30. The summed E-state index contributed by atoms with van der Waals surface area (Å²) in [5.41, 5.74) is 1.25. The number of anilines is 1. The molecule has 0 radical (unpaired) electrons. The van der Waals surface area contributed by atoms with Crippen molar-refractivity contribution in [2.24, 2.45) is 11.8 Å². The fourth-order valence-electron chi connectivity index (χ4n) is 4.38. The Morgan fingerprint density at radius 1 is 1.12 bits per heavy atom. The normalized spacial score (nSPS) is 25.3. The Morgan fingerprint density at radius 3 is 2.52 bits per heavy atom. The standard InChI is InChI=1S/C20H34N4O/c1-3-8-17-11-21-16(2)22-20(17)24-13-18(19(14-24)15-25)12-23-9-6-4-5-7-10-23/h11,18-19,25H,3-10,12-15H2,1-2H3/t18-,19-/m1/s1. The van der Waals surface area contributed by atoms with Gasteiger partial charge in [-0.25, -0.2) is 9.97 Å². The minimum Gasteiger partial charge on any atom is -0.396 e. The quantitative estimate of drug-likeness (QED) is 0.858. The lowest BCUT2D eigenvalue weighted by molar-refractivity contribution is 0.165. The summed E-state index contributed by atoms with van der Waals surface area (Å²) in [5.74, 6) is 2.83. The largest absolute Gasteiger partial charge is 0.396 e. The van der Waals surface area contributed by atoms with Gasteiger partial charge in [-0.1, -0.05) is 26.2 Å². The van der Waals surface area contributed by atoms with Crippen LogP contribution in [0.3, 0.4) is 0 Å². The van der Waals surface area contributed by atoms with E-state index in [1.807, 2.05) is 13.1 Å². The van der Waals surface area contributed by atoms with Gasteiger partial charge in [-0.2, -0.15) is 0 Å². The highest BCUT2D eigenvalue weighted by Gasteiger charge is 2.35. The molecule has 0 saturated carbocycles. The summed E-state index contributed by atoms with van der Waals surface area (Å²) in [4.78, 5) is 14.2. The second-order valence-electron chi connectivity index (χ2n) is 7.84. The maximum absolute atomic E-state index is 9.94. The van der Waals surface area contributed by atoms with Gasteiger partial charge in [-0.05, 0) is 45.2 Å². The van der Waals surface area contributed by atoms with E-state index in [4.69, 9.17) is 4.98 Å². The molecule has 1 aromatic heterocycles. The molecule has 0 bridgehead atoms. The molecule has 0 aromatic carbocycles. The molecule has 0 aliphatic carbocycles. The van der Waals surface area contributed by atoms with Crippen molar-refractivity contribution >= 4 is 5.82 Å². The number of aliphatic hydroxyl groups excluding tert-OH is 1. The van der Waals surface area contributed by atoms with Crippen molar-refractivity contribution in [2.75, 3.05) is 44.2 Å². The molecular weight excluding hydrogens is 312 g/mol. The lowest BCUT2D eigenvalue weighted by atomic mass is 9.96. The number of hydrogen-bond acceptors (Lipinski definition) is 5. The van der Waals surface area contributed by atoms with Gasteiger partial charge in [0.25, 0.3) is 0 Å². The molecule has 2 atom stereocenters. The molecule has 0 amide bonds. The number of aliphatic hydroxyl groups is 1. The topological polar surface area (TPSA) is 52.5 Å². The zero-order valence-electron chi connectivity index (χ0n) is 16.0. The van der Waals surface area contributed by atoms with Gasteiger partial charge < -0.3 is 14.9 Å². The van der Waals surface area contributed by atoms with E-state index in [9.17, 15) is 5.11 Å². The van der Waals surface area contributed by atoms with Crippen LogP contribution in [0.5, 0.6) is 0 Å². The first-order chi connectivity index (χ1) is 12.2. The first-order valence-corrected chi connectivity index (χ1v) is 10.1. The first kappa shape index (κ1) is 18.6. The third kappa shape index (κ3) is 4.70. The molecule has 3 heterocycles. The fraction of sp³-hybridized carbons (Fsp3) is 0.800. The smallest absolute Gasteiger partial charge is 0.135 e. The number of likely N-dealkylation sites (tertiary alicyclic amines) is 1. The van der Waals surface area contributed by atoms with Crippen LogP contribution in [-0.2, 0) is 6.42 Å². The minimum absolute atomic E-state index is 0.280. The number of aryl methyl sites for hydroxylation is 2. The summed E-state index contributed by atoms with van der Waals surface area (Å²) < 4.78 is 0. The second-order valence-corrected chi connectivity index (χ2v) is 7.84. The molecule has 2 saturated heterocycles. The molecule has 2 aliphatic rings. The predicted molar refractivity (Wildman–Crippen MR) is 102 cm³/mol. The Morgan fingerprint density at radius 2 is 1.84 bits per heavy atom. The predicted octanol–water partition coefficient (Wildman–Crippen LogP) is 2.66. The molecule has 0 spiro atoms. The second kappa shape index (κ2) is 8.95. The molecule has 3 rings (SSSR count). The molecule has 2 aliphatic heterocycles. The Hall–Kier alpha value is -1.20. The highest BCUT2D eigenvalue weighted by molar-refractivity contribution is 5.47. The molecule has 5 heteroatoms. The first-order valence-electron chi connectivity index (χ1n) is 10.1. The van der Waals surface area contributed by atoms with Crippen LogP contribution in [0.4, 0.5) is 5.82 Å². The Balaban J connectivity index is 1.71. The van der Waals surface area contributed by atoms with Crippen molar-refractivity contribution in [3.05, 3.63) is 17.6 Å². The van der Waals surface area contributed by atoms with Crippen LogP contribution in [0.1, 0.15) is 50.4 Å². The number of aromatic nitrogens is 2. The third-order valence-corrected chi connectivity index (χ3v) is 5.78. The number of hydrogen-bond donors (Lipinski definition) is 1. The van der Waals surface area contributed by atoms with E-state index in [2.05, 4.69) is 21.7 Å². The molecular formula is C20H34N4O.